The fourth-order valence-electron chi connectivity index (χ4n) is 9.27. The first-order valence-electron chi connectivity index (χ1n) is 21.7. The summed E-state index contributed by atoms with van der Waals surface area (Å²) in [7, 11) is 0. The van der Waals surface area contributed by atoms with Crippen molar-refractivity contribution < 1.29 is 28.4 Å². The zero-order chi connectivity index (χ0) is 42.2. The van der Waals surface area contributed by atoms with E-state index in [4.69, 9.17) is 28.4 Å². The van der Waals surface area contributed by atoms with E-state index in [1.54, 1.807) is 0 Å². The fraction of sp³-hybridized carbons (Fsp3) is 0.333. The van der Waals surface area contributed by atoms with E-state index in [-0.39, 0.29) is 24.4 Å². The summed E-state index contributed by atoms with van der Waals surface area (Å²) in [6.45, 7) is 9.95. The lowest BCUT2D eigenvalue weighted by molar-refractivity contribution is -0.310. The van der Waals surface area contributed by atoms with Crippen molar-refractivity contribution in [2.75, 3.05) is 26.3 Å². The molecule has 0 bridgehead atoms. The summed E-state index contributed by atoms with van der Waals surface area (Å²) in [5.74, 6) is -1.59. The zero-order valence-electron chi connectivity index (χ0n) is 35.8. The van der Waals surface area contributed by atoms with Crippen LogP contribution in [-0.2, 0) is 39.6 Å². The van der Waals surface area contributed by atoms with Gasteiger partial charge in [-0.3, -0.25) is 0 Å². The van der Waals surface area contributed by atoms with Crippen LogP contribution in [0.5, 0.6) is 0 Å². The Labute approximate surface area is 362 Å². The minimum Gasteiger partial charge on any atom is -0.358 e. The van der Waals surface area contributed by atoms with Gasteiger partial charge in [0.25, 0.3) is 0 Å². The van der Waals surface area contributed by atoms with Gasteiger partial charge in [0, 0.05) is 25.9 Å². The fourth-order valence-corrected chi connectivity index (χ4v) is 9.27. The van der Waals surface area contributed by atoms with Gasteiger partial charge in [-0.2, -0.15) is 0 Å². The molecule has 7 heteroatoms. The average Bonchev–Trinajstić information content (AvgIpc) is 3.28. The van der Waals surface area contributed by atoms with Gasteiger partial charge in [0.2, 0.25) is 0 Å². The molecule has 6 aromatic carbocycles. The lowest BCUT2D eigenvalue weighted by Crippen LogP contribution is -2.52. The van der Waals surface area contributed by atoms with E-state index in [1.165, 1.54) is 0 Å². The van der Waals surface area contributed by atoms with Crippen LogP contribution >= 0.6 is 0 Å². The summed E-state index contributed by atoms with van der Waals surface area (Å²) in [6.07, 6.45) is 0.721. The van der Waals surface area contributed by atoms with Gasteiger partial charge in [0.1, 0.15) is 11.2 Å². The van der Waals surface area contributed by atoms with E-state index in [0.717, 1.165) is 33.4 Å². The van der Waals surface area contributed by atoms with E-state index < -0.39 is 22.8 Å². The van der Waals surface area contributed by atoms with Crippen LogP contribution in [0.3, 0.4) is 0 Å². The molecule has 2 heterocycles. The molecular weight excluding hydrogens is 759 g/mol. The van der Waals surface area contributed by atoms with Crippen molar-refractivity contribution in [1.82, 2.24) is 5.32 Å². The van der Waals surface area contributed by atoms with E-state index in [1.807, 2.05) is 64.1 Å². The lowest BCUT2D eigenvalue weighted by atomic mass is 9.80. The van der Waals surface area contributed by atoms with Gasteiger partial charge in [-0.1, -0.05) is 182 Å². The van der Waals surface area contributed by atoms with Crippen LogP contribution in [0.2, 0.25) is 0 Å². The number of ether oxygens (including phenoxy) is 6. The Morgan fingerprint density at radius 2 is 0.623 bits per heavy atom. The molecule has 2 aliphatic rings. The normalized spacial score (nSPS) is 21.4. The summed E-state index contributed by atoms with van der Waals surface area (Å²) >= 11 is 0. The van der Waals surface area contributed by atoms with Gasteiger partial charge in [-0.15, -0.1) is 0 Å². The average molecular weight is 818 g/mol. The highest BCUT2D eigenvalue weighted by atomic mass is 16.7. The molecular formula is C54H59NO6. The molecule has 0 aromatic heterocycles. The maximum Gasteiger partial charge on any atom is 0.163 e. The molecule has 2 fully saturated rings. The van der Waals surface area contributed by atoms with Gasteiger partial charge in [-0.25, -0.2) is 0 Å². The monoisotopic (exact) mass is 817 g/mol. The van der Waals surface area contributed by atoms with Crippen LogP contribution in [0, 0.1) is 0 Å². The van der Waals surface area contributed by atoms with E-state index in [9.17, 15) is 0 Å². The molecule has 0 aliphatic carbocycles. The smallest absolute Gasteiger partial charge is 0.163 e. The summed E-state index contributed by atoms with van der Waals surface area (Å²) < 4.78 is 40.5. The highest BCUT2D eigenvalue weighted by Gasteiger charge is 2.43. The van der Waals surface area contributed by atoms with Crippen LogP contribution in [0.25, 0.3) is 0 Å². The van der Waals surface area contributed by atoms with Gasteiger partial charge in [0.05, 0.1) is 37.6 Å². The lowest BCUT2D eigenvalue weighted by Gasteiger charge is -2.44. The highest BCUT2D eigenvalue weighted by molar-refractivity contribution is 5.49. The summed E-state index contributed by atoms with van der Waals surface area (Å²) in [4.78, 5) is 0. The molecule has 6 aromatic rings. The Balaban J connectivity index is 0.946. The highest BCUT2D eigenvalue weighted by Crippen LogP contribution is 2.43. The van der Waals surface area contributed by atoms with Crippen LogP contribution in [0.4, 0.5) is 0 Å². The third kappa shape index (κ3) is 9.90. The Hall–Kier alpha value is -4.96. The van der Waals surface area contributed by atoms with Crippen LogP contribution in [-0.4, -0.2) is 62.3 Å². The number of rotatable bonds is 16. The number of hydrogen-bond donors (Lipinski definition) is 1. The summed E-state index contributed by atoms with van der Waals surface area (Å²) in [6, 6.07) is 62.8. The largest absolute Gasteiger partial charge is 0.358 e. The molecule has 0 spiro atoms. The van der Waals surface area contributed by atoms with Gasteiger partial charge in [-0.05, 0) is 61.1 Å². The summed E-state index contributed by atoms with van der Waals surface area (Å²) in [5.41, 5.74) is 4.70. The van der Waals surface area contributed by atoms with Crippen LogP contribution in [0.15, 0.2) is 182 Å². The maximum atomic E-state index is 7.19. The predicted octanol–water partition coefficient (Wildman–Crippen LogP) is 10.4. The first-order chi connectivity index (χ1) is 29.7. The van der Waals surface area contributed by atoms with E-state index in [2.05, 4.69) is 151 Å². The SMILES string of the molecule is CC1(C)O[C@H](COC(c2ccccc2)(c2ccccc2)c2ccccc2)C[C@H](CNC[C@H]2C[C@@H](COC(c3ccccc3)(c3ccccc3)c3ccccc3)OC(C)(C)O2)O1. The molecule has 8 rings (SSSR count). The zero-order valence-corrected chi connectivity index (χ0v) is 35.8. The molecule has 4 atom stereocenters. The van der Waals surface area contributed by atoms with E-state index in [0.29, 0.717) is 39.1 Å². The molecule has 2 aliphatic heterocycles. The van der Waals surface area contributed by atoms with Crippen molar-refractivity contribution in [1.29, 1.82) is 0 Å². The Bertz CT molecular complexity index is 1870. The Morgan fingerprint density at radius 3 is 0.869 bits per heavy atom. The third-order valence-electron chi connectivity index (χ3n) is 11.7. The topological polar surface area (TPSA) is 67.4 Å². The van der Waals surface area contributed by atoms with Crippen LogP contribution in [0.1, 0.15) is 73.9 Å². The molecule has 0 radical (unpaired) electrons. The van der Waals surface area contributed by atoms with Gasteiger partial charge < -0.3 is 33.7 Å². The molecule has 0 amide bonds. The summed E-state index contributed by atoms with van der Waals surface area (Å²) in [5, 5.41) is 3.70. The Kier molecular flexibility index (Phi) is 13.3. The van der Waals surface area contributed by atoms with Crippen LogP contribution < -0.4 is 5.32 Å². The second kappa shape index (κ2) is 19.0. The van der Waals surface area contributed by atoms with Gasteiger partial charge >= 0.3 is 0 Å². The number of nitrogens with one attached hydrogen (secondary N) is 1. The van der Waals surface area contributed by atoms with Crippen molar-refractivity contribution in [2.24, 2.45) is 0 Å². The van der Waals surface area contributed by atoms with Crippen molar-refractivity contribution in [3.05, 3.63) is 215 Å². The van der Waals surface area contributed by atoms with Crippen molar-refractivity contribution in [3.8, 4) is 0 Å². The molecule has 0 unspecified atom stereocenters. The molecule has 7 nitrogen and oxygen atoms in total. The number of hydrogen-bond acceptors (Lipinski definition) is 7. The molecule has 316 valence electrons. The quantitative estimate of drug-likeness (QED) is 0.0976. The standard InChI is InChI=1S/C54H59NO6/c1-51(2)58-47(35-49(60-51)39-56-53(41-23-11-5-12-24-41,42-25-13-6-14-26-42)43-27-15-7-16-28-43)37-55-38-48-36-50(61-52(3,4)59-48)40-57-54(44-29-17-8-18-30-44,45-31-19-9-20-32-45)46-33-21-10-22-34-46/h5-34,47-50,55H,35-40H2,1-4H3/t47-,48-,49+,50+/m1/s1. The Morgan fingerprint density at radius 1 is 0.393 bits per heavy atom. The van der Waals surface area contributed by atoms with E-state index >= 15 is 0 Å². The first kappa shape index (κ1) is 42.7. The molecule has 1 N–H and O–H groups in total. The molecule has 2 saturated heterocycles. The van der Waals surface area contributed by atoms with Crippen molar-refractivity contribution in [3.63, 3.8) is 0 Å². The maximum absolute atomic E-state index is 7.19. The minimum absolute atomic E-state index is 0.104. The number of benzene rings is 6. The minimum atomic E-state index is -0.834. The third-order valence-corrected chi connectivity index (χ3v) is 11.7. The second-order valence-corrected chi connectivity index (χ2v) is 17.1. The molecule has 0 saturated carbocycles. The van der Waals surface area contributed by atoms with Crippen molar-refractivity contribution in [2.45, 2.75) is 87.7 Å². The van der Waals surface area contributed by atoms with Crippen molar-refractivity contribution >= 4 is 0 Å². The predicted molar refractivity (Wildman–Crippen MR) is 240 cm³/mol. The first-order valence-corrected chi connectivity index (χ1v) is 21.7. The molecule has 61 heavy (non-hydrogen) atoms. The second-order valence-electron chi connectivity index (χ2n) is 17.1. The van der Waals surface area contributed by atoms with Gasteiger partial charge in [0.15, 0.2) is 11.6 Å².